The molecule has 0 amide bonds. The Kier molecular flexibility index (Phi) is 2.16. The molecule has 13 heavy (non-hydrogen) atoms. The standard InChI is InChI=1S/C9H9NO2S/c11-13(12)10-6-5-8-3-1-2-4-9(8)7-10/h1-6H,7H2,(H,11,12)/p-1. The lowest BCUT2D eigenvalue weighted by Gasteiger charge is -2.26. The van der Waals surface area contributed by atoms with Gasteiger partial charge < -0.3 is 8.86 Å². The zero-order valence-electron chi connectivity index (χ0n) is 6.84. The highest BCUT2D eigenvalue weighted by Crippen LogP contribution is 2.19. The third-order valence-corrected chi connectivity index (χ3v) is 2.63. The second-order valence-electron chi connectivity index (χ2n) is 2.81. The quantitative estimate of drug-likeness (QED) is 0.632. The molecule has 2 rings (SSSR count). The Balaban J connectivity index is 2.34. The number of benzene rings is 1. The number of fused-ring (bicyclic) bond motifs is 1. The van der Waals surface area contributed by atoms with Crippen LogP contribution >= 0.6 is 0 Å². The van der Waals surface area contributed by atoms with Gasteiger partial charge in [0.1, 0.15) is 0 Å². The third kappa shape index (κ3) is 1.64. The first-order valence-corrected chi connectivity index (χ1v) is 4.93. The smallest absolute Gasteiger partial charge is 0.0558 e. The van der Waals surface area contributed by atoms with Gasteiger partial charge in [0, 0.05) is 17.5 Å². The molecule has 68 valence electrons. The lowest BCUT2D eigenvalue weighted by Crippen LogP contribution is -2.21. The van der Waals surface area contributed by atoms with E-state index in [1.165, 1.54) is 4.31 Å². The van der Waals surface area contributed by atoms with Crippen molar-refractivity contribution in [3.63, 3.8) is 0 Å². The van der Waals surface area contributed by atoms with Gasteiger partial charge in [0.2, 0.25) is 0 Å². The largest absolute Gasteiger partial charge is 0.755 e. The molecule has 1 unspecified atom stereocenters. The van der Waals surface area contributed by atoms with Crippen molar-refractivity contribution in [1.29, 1.82) is 0 Å². The molecule has 0 radical (unpaired) electrons. The van der Waals surface area contributed by atoms with Crippen LogP contribution in [0, 0.1) is 0 Å². The first kappa shape index (κ1) is 8.47. The first-order chi connectivity index (χ1) is 6.27. The van der Waals surface area contributed by atoms with E-state index in [0.717, 1.165) is 11.1 Å². The Morgan fingerprint density at radius 2 is 2.15 bits per heavy atom. The van der Waals surface area contributed by atoms with E-state index in [-0.39, 0.29) is 0 Å². The Hall–Kier alpha value is -1.13. The molecule has 0 fully saturated rings. The lowest BCUT2D eigenvalue weighted by atomic mass is 10.1. The molecule has 0 saturated carbocycles. The summed E-state index contributed by atoms with van der Waals surface area (Å²) in [4.78, 5) is 0. The number of hydrogen-bond acceptors (Lipinski definition) is 2. The van der Waals surface area contributed by atoms with Gasteiger partial charge in [-0.1, -0.05) is 24.3 Å². The highest BCUT2D eigenvalue weighted by Gasteiger charge is 2.09. The van der Waals surface area contributed by atoms with Crippen molar-refractivity contribution < 1.29 is 8.76 Å². The number of nitrogens with zero attached hydrogens (tertiary/aromatic N) is 1. The van der Waals surface area contributed by atoms with Crippen LogP contribution in [0.25, 0.3) is 6.08 Å². The van der Waals surface area contributed by atoms with Gasteiger partial charge in [-0.25, -0.2) is 0 Å². The van der Waals surface area contributed by atoms with Crippen LogP contribution in [0.15, 0.2) is 30.5 Å². The Labute approximate surface area is 79.1 Å². The zero-order chi connectivity index (χ0) is 9.26. The second-order valence-corrected chi connectivity index (χ2v) is 3.71. The maximum atomic E-state index is 10.6. The average Bonchev–Trinajstić information content (AvgIpc) is 2.17. The van der Waals surface area contributed by atoms with Gasteiger partial charge in [-0.05, 0) is 17.2 Å². The maximum absolute atomic E-state index is 10.6. The van der Waals surface area contributed by atoms with E-state index in [2.05, 4.69) is 0 Å². The topological polar surface area (TPSA) is 43.4 Å². The van der Waals surface area contributed by atoms with E-state index >= 15 is 0 Å². The minimum atomic E-state index is -2.16. The monoisotopic (exact) mass is 194 g/mol. The summed E-state index contributed by atoms with van der Waals surface area (Å²) in [6.45, 7) is 0.433. The summed E-state index contributed by atoms with van der Waals surface area (Å²) in [6, 6.07) is 7.74. The summed E-state index contributed by atoms with van der Waals surface area (Å²) >= 11 is -2.16. The van der Waals surface area contributed by atoms with E-state index in [1.807, 2.05) is 24.3 Å². The molecule has 1 aromatic carbocycles. The molecule has 1 aliphatic rings. The maximum Gasteiger partial charge on any atom is 0.0558 e. The molecule has 1 heterocycles. The molecule has 1 aliphatic heterocycles. The molecule has 3 nitrogen and oxygen atoms in total. The molecule has 0 spiro atoms. The van der Waals surface area contributed by atoms with Gasteiger partial charge in [0.25, 0.3) is 0 Å². The van der Waals surface area contributed by atoms with E-state index in [9.17, 15) is 8.76 Å². The van der Waals surface area contributed by atoms with E-state index in [1.54, 1.807) is 12.3 Å². The van der Waals surface area contributed by atoms with Crippen molar-refractivity contribution in [3.8, 4) is 0 Å². The molecule has 1 atom stereocenters. The van der Waals surface area contributed by atoms with Crippen molar-refractivity contribution >= 4 is 17.3 Å². The van der Waals surface area contributed by atoms with Crippen LogP contribution < -0.4 is 0 Å². The van der Waals surface area contributed by atoms with Crippen molar-refractivity contribution in [2.75, 3.05) is 0 Å². The van der Waals surface area contributed by atoms with Crippen molar-refractivity contribution in [3.05, 3.63) is 41.6 Å². The Morgan fingerprint density at radius 1 is 1.38 bits per heavy atom. The Bertz CT molecular complexity index is 376. The van der Waals surface area contributed by atoms with Gasteiger partial charge in [-0.2, -0.15) is 0 Å². The van der Waals surface area contributed by atoms with E-state index in [4.69, 9.17) is 0 Å². The average molecular weight is 194 g/mol. The lowest BCUT2D eigenvalue weighted by molar-refractivity contribution is 0.451. The van der Waals surface area contributed by atoms with Crippen LogP contribution in [-0.4, -0.2) is 13.1 Å². The second kappa shape index (κ2) is 3.32. The molecule has 4 heteroatoms. The van der Waals surface area contributed by atoms with Crippen LogP contribution in [0.3, 0.4) is 0 Å². The summed E-state index contributed by atoms with van der Waals surface area (Å²) in [7, 11) is 0. The van der Waals surface area contributed by atoms with Gasteiger partial charge in [-0.3, -0.25) is 4.21 Å². The fourth-order valence-corrected chi connectivity index (χ4v) is 1.73. The molecule has 0 aliphatic carbocycles. The molecule has 1 aromatic rings. The minimum Gasteiger partial charge on any atom is -0.755 e. The number of rotatable bonds is 1. The normalized spacial score (nSPS) is 16.8. The van der Waals surface area contributed by atoms with Crippen LogP contribution in [0.2, 0.25) is 0 Å². The van der Waals surface area contributed by atoms with Crippen molar-refractivity contribution in [2.45, 2.75) is 6.54 Å². The molecular formula is C9H8NO2S-. The fourth-order valence-electron chi connectivity index (χ4n) is 1.33. The summed E-state index contributed by atoms with van der Waals surface area (Å²) < 4.78 is 22.5. The molecule has 0 bridgehead atoms. The summed E-state index contributed by atoms with van der Waals surface area (Å²) in [5, 5.41) is 0. The van der Waals surface area contributed by atoms with Crippen LogP contribution in [-0.2, 0) is 17.8 Å². The van der Waals surface area contributed by atoms with Gasteiger partial charge in [0.05, 0.1) is 6.54 Å². The highest BCUT2D eigenvalue weighted by atomic mass is 32.2. The van der Waals surface area contributed by atoms with Crippen LogP contribution in [0.5, 0.6) is 0 Å². The van der Waals surface area contributed by atoms with Gasteiger partial charge >= 0.3 is 0 Å². The summed E-state index contributed by atoms with van der Waals surface area (Å²) in [6.07, 6.45) is 3.38. The van der Waals surface area contributed by atoms with Crippen molar-refractivity contribution in [1.82, 2.24) is 4.31 Å². The summed E-state index contributed by atoms with van der Waals surface area (Å²) in [5.74, 6) is 0. The summed E-state index contributed by atoms with van der Waals surface area (Å²) in [5.41, 5.74) is 2.12. The third-order valence-electron chi connectivity index (χ3n) is 1.99. The van der Waals surface area contributed by atoms with E-state index in [0.29, 0.717) is 6.54 Å². The SMILES string of the molecule is O=S([O-])N1C=Cc2ccccc2C1. The predicted octanol–water partition coefficient (Wildman–Crippen LogP) is 1.27. The number of hydrogen-bond donors (Lipinski definition) is 0. The molecule has 0 N–H and O–H groups in total. The van der Waals surface area contributed by atoms with Crippen LogP contribution in [0.1, 0.15) is 11.1 Å². The van der Waals surface area contributed by atoms with Crippen LogP contribution in [0.4, 0.5) is 0 Å². The van der Waals surface area contributed by atoms with Gasteiger partial charge in [0.15, 0.2) is 0 Å². The predicted molar refractivity (Wildman–Crippen MR) is 49.9 cm³/mol. The van der Waals surface area contributed by atoms with Crippen molar-refractivity contribution in [2.24, 2.45) is 0 Å². The molecule has 0 aromatic heterocycles. The first-order valence-electron chi connectivity index (χ1n) is 3.89. The Morgan fingerprint density at radius 3 is 2.92 bits per heavy atom. The van der Waals surface area contributed by atoms with Gasteiger partial charge in [-0.15, -0.1) is 0 Å². The van der Waals surface area contributed by atoms with E-state index < -0.39 is 11.3 Å². The highest BCUT2D eigenvalue weighted by molar-refractivity contribution is 7.76. The zero-order valence-corrected chi connectivity index (χ0v) is 7.66. The molecule has 0 saturated heterocycles. The fraction of sp³-hybridized carbons (Fsp3) is 0.111. The molecular weight excluding hydrogens is 186 g/mol. The minimum absolute atomic E-state index is 0.433.